The monoisotopic (exact) mass is 409 g/mol. The second-order valence-corrected chi connectivity index (χ2v) is 7.55. The maximum Gasteiger partial charge on any atom is 0.273 e. The van der Waals surface area contributed by atoms with Crippen molar-refractivity contribution in [2.45, 2.75) is 0 Å². The molecule has 4 rings (SSSR count). The normalized spacial score (nSPS) is 14.0. The fourth-order valence-electron chi connectivity index (χ4n) is 3.52. The van der Waals surface area contributed by atoms with Gasteiger partial charge < -0.3 is 19.3 Å². The summed E-state index contributed by atoms with van der Waals surface area (Å²) in [5.74, 6) is 1.24. The summed E-state index contributed by atoms with van der Waals surface area (Å²) in [5, 5.41) is 2.56. The van der Waals surface area contributed by atoms with Crippen LogP contribution in [0.15, 0.2) is 53.9 Å². The van der Waals surface area contributed by atoms with Crippen molar-refractivity contribution in [2.75, 3.05) is 45.3 Å². The lowest BCUT2D eigenvalue weighted by Crippen LogP contribution is -2.48. The topological polar surface area (TPSA) is 54.9 Å². The Labute approximate surface area is 174 Å². The van der Waals surface area contributed by atoms with E-state index in [2.05, 4.69) is 22.0 Å². The first-order chi connectivity index (χ1) is 14.2. The summed E-state index contributed by atoms with van der Waals surface area (Å²) in [6.45, 7) is 3.00. The first kappa shape index (κ1) is 19.3. The van der Waals surface area contributed by atoms with Crippen LogP contribution >= 0.6 is 11.3 Å². The number of aromatic nitrogens is 1. The Hall–Kier alpha value is -3.06. The third-order valence-electron chi connectivity index (χ3n) is 5.04. The minimum absolute atomic E-state index is 0.0259. The van der Waals surface area contributed by atoms with Gasteiger partial charge in [-0.25, -0.2) is 4.98 Å². The third-order valence-corrected chi connectivity index (χ3v) is 5.92. The number of piperazine rings is 1. The van der Waals surface area contributed by atoms with E-state index < -0.39 is 0 Å². The molecule has 2 aromatic carbocycles. The summed E-state index contributed by atoms with van der Waals surface area (Å²) < 4.78 is 10.9. The minimum Gasteiger partial charge on any atom is -0.493 e. The first-order valence-corrected chi connectivity index (χ1v) is 10.4. The fourth-order valence-corrected chi connectivity index (χ4v) is 4.34. The highest BCUT2D eigenvalue weighted by Crippen LogP contribution is 2.39. The van der Waals surface area contributed by atoms with Crippen LogP contribution < -0.4 is 14.4 Å². The number of anilines is 1. The number of amides is 1. The molecule has 1 amide bonds. The number of thiazole rings is 1. The predicted molar refractivity (Wildman–Crippen MR) is 115 cm³/mol. The Morgan fingerprint density at radius 1 is 0.966 bits per heavy atom. The van der Waals surface area contributed by atoms with Gasteiger partial charge in [0, 0.05) is 37.2 Å². The van der Waals surface area contributed by atoms with Crippen LogP contribution in [0.25, 0.3) is 10.6 Å². The van der Waals surface area contributed by atoms with Gasteiger partial charge in [-0.05, 0) is 24.3 Å². The van der Waals surface area contributed by atoms with E-state index in [0.29, 0.717) is 30.3 Å². The van der Waals surface area contributed by atoms with Crippen molar-refractivity contribution < 1.29 is 14.3 Å². The molecule has 3 aromatic rings. The molecule has 0 radical (unpaired) electrons. The van der Waals surface area contributed by atoms with Crippen LogP contribution in [-0.4, -0.2) is 56.2 Å². The number of carbonyl (C=O) groups is 1. The summed E-state index contributed by atoms with van der Waals surface area (Å²) in [7, 11) is 3.21. The van der Waals surface area contributed by atoms with E-state index in [4.69, 9.17) is 9.47 Å². The van der Waals surface area contributed by atoms with Crippen LogP contribution in [0.4, 0.5) is 5.69 Å². The fraction of sp³-hybridized carbons (Fsp3) is 0.273. The number of carbonyl (C=O) groups excluding carboxylic acids is 1. The first-order valence-electron chi connectivity index (χ1n) is 9.47. The van der Waals surface area contributed by atoms with Crippen LogP contribution in [0, 0.1) is 0 Å². The van der Waals surface area contributed by atoms with Crippen LogP contribution in [0.2, 0.25) is 0 Å². The van der Waals surface area contributed by atoms with Crippen molar-refractivity contribution in [3.8, 4) is 22.1 Å². The van der Waals surface area contributed by atoms with E-state index in [1.807, 2.05) is 46.7 Å². The highest BCUT2D eigenvalue weighted by atomic mass is 32.1. The maximum atomic E-state index is 13.0. The summed E-state index contributed by atoms with van der Waals surface area (Å²) in [4.78, 5) is 21.7. The molecule has 2 heterocycles. The zero-order valence-corrected chi connectivity index (χ0v) is 17.3. The van der Waals surface area contributed by atoms with E-state index >= 15 is 0 Å². The van der Waals surface area contributed by atoms with Gasteiger partial charge in [-0.3, -0.25) is 4.79 Å². The number of methoxy groups -OCH3 is 2. The molecule has 0 atom stereocenters. The summed E-state index contributed by atoms with van der Waals surface area (Å²) in [6.07, 6.45) is 0. The molecule has 7 heteroatoms. The van der Waals surface area contributed by atoms with Crippen LogP contribution in [0.1, 0.15) is 10.5 Å². The Balaban J connectivity index is 1.47. The van der Waals surface area contributed by atoms with Crippen LogP contribution in [0.3, 0.4) is 0 Å². The van der Waals surface area contributed by atoms with Crippen molar-refractivity contribution in [3.63, 3.8) is 0 Å². The molecular weight excluding hydrogens is 386 g/mol. The number of rotatable bonds is 5. The molecule has 29 heavy (non-hydrogen) atoms. The molecule has 0 aliphatic carbocycles. The molecule has 0 spiro atoms. The number of nitrogens with zero attached hydrogens (tertiary/aromatic N) is 3. The average Bonchev–Trinajstić information content (AvgIpc) is 3.28. The van der Waals surface area contributed by atoms with Crippen molar-refractivity contribution in [2.24, 2.45) is 0 Å². The molecular formula is C22H23N3O3S. The van der Waals surface area contributed by atoms with Gasteiger partial charge >= 0.3 is 0 Å². The number of ether oxygens (including phenoxy) is 2. The molecule has 1 fully saturated rings. The van der Waals surface area contributed by atoms with Crippen molar-refractivity contribution in [3.05, 3.63) is 59.6 Å². The lowest BCUT2D eigenvalue weighted by atomic mass is 10.2. The Bertz CT molecular complexity index is 982. The summed E-state index contributed by atoms with van der Waals surface area (Å²) in [5.41, 5.74) is 2.49. The molecule has 0 saturated carbocycles. The molecule has 1 saturated heterocycles. The van der Waals surface area contributed by atoms with E-state index in [0.717, 1.165) is 23.7 Å². The van der Waals surface area contributed by atoms with Crippen LogP contribution in [0.5, 0.6) is 11.5 Å². The van der Waals surface area contributed by atoms with Gasteiger partial charge in [0.15, 0.2) is 11.5 Å². The predicted octanol–water partition coefficient (Wildman–Crippen LogP) is 3.79. The third kappa shape index (κ3) is 3.91. The molecule has 0 unspecified atom stereocenters. The quantitative estimate of drug-likeness (QED) is 0.642. The Morgan fingerprint density at radius 2 is 1.72 bits per heavy atom. The zero-order valence-electron chi connectivity index (χ0n) is 16.5. The SMILES string of the molecule is COc1cccc(-c2nc(C(=O)N3CCN(c4ccccc4)CC3)cs2)c1OC. The second-order valence-electron chi connectivity index (χ2n) is 6.69. The molecule has 1 aromatic heterocycles. The number of hydrogen-bond donors (Lipinski definition) is 0. The largest absolute Gasteiger partial charge is 0.493 e. The molecule has 0 N–H and O–H groups in total. The number of para-hydroxylation sites is 2. The minimum atomic E-state index is -0.0259. The van der Waals surface area contributed by atoms with Gasteiger partial charge in [0.2, 0.25) is 0 Å². The highest BCUT2D eigenvalue weighted by Gasteiger charge is 2.25. The van der Waals surface area contributed by atoms with Gasteiger partial charge in [-0.1, -0.05) is 24.3 Å². The Morgan fingerprint density at radius 3 is 2.41 bits per heavy atom. The van der Waals surface area contributed by atoms with E-state index in [9.17, 15) is 4.79 Å². The number of benzene rings is 2. The van der Waals surface area contributed by atoms with Gasteiger partial charge in [0.25, 0.3) is 5.91 Å². The van der Waals surface area contributed by atoms with Gasteiger partial charge in [-0.2, -0.15) is 0 Å². The molecule has 1 aliphatic heterocycles. The smallest absolute Gasteiger partial charge is 0.273 e. The van der Waals surface area contributed by atoms with Crippen molar-refractivity contribution in [1.82, 2.24) is 9.88 Å². The molecule has 0 bridgehead atoms. The lowest BCUT2D eigenvalue weighted by molar-refractivity contribution is 0.0742. The second kappa shape index (κ2) is 8.53. The number of hydrogen-bond acceptors (Lipinski definition) is 6. The van der Waals surface area contributed by atoms with Crippen molar-refractivity contribution in [1.29, 1.82) is 0 Å². The molecule has 6 nitrogen and oxygen atoms in total. The summed E-state index contributed by atoms with van der Waals surface area (Å²) >= 11 is 1.44. The highest BCUT2D eigenvalue weighted by molar-refractivity contribution is 7.13. The standard InChI is InChI=1S/C22H23N3O3S/c1-27-19-10-6-9-17(20(19)28-2)21-23-18(15-29-21)22(26)25-13-11-24(12-14-25)16-7-4-3-5-8-16/h3-10,15H,11-14H2,1-2H3. The van der Waals surface area contributed by atoms with Gasteiger partial charge in [0.1, 0.15) is 10.7 Å². The van der Waals surface area contributed by atoms with Gasteiger partial charge in [-0.15, -0.1) is 11.3 Å². The van der Waals surface area contributed by atoms with Crippen LogP contribution in [-0.2, 0) is 0 Å². The van der Waals surface area contributed by atoms with E-state index in [1.54, 1.807) is 14.2 Å². The Kier molecular flexibility index (Phi) is 5.67. The van der Waals surface area contributed by atoms with E-state index in [-0.39, 0.29) is 5.91 Å². The zero-order chi connectivity index (χ0) is 20.2. The lowest BCUT2D eigenvalue weighted by Gasteiger charge is -2.35. The maximum absolute atomic E-state index is 13.0. The molecule has 150 valence electrons. The van der Waals surface area contributed by atoms with Crippen molar-refractivity contribution >= 4 is 22.9 Å². The van der Waals surface area contributed by atoms with E-state index in [1.165, 1.54) is 17.0 Å². The molecule has 1 aliphatic rings. The average molecular weight is 410 g/mol. The van der Waals surface area contributed by atoms with Gasteiger partial charge in [0.05, 0.1) is 19.8 Å². The summed E-state index contributed by atoms with van der Waals surface area (Å²) in [6, 6.07) is 16.0.